The van der Waals surface area contributed by atoms with Gasteiger partial charge in [-0.2, -0.15) is 15.8 Å². The predicted molar refractivity (Wildman–Crippen MR) is 78.5 cm³/mol. The predicted octanol–water partition coefficient (Wildman–Crippen LogP) is 3.17. The van der Waals surface area contributed by atoms with Crippen molar-refractivity contribution in [2.45, 2.75) is 20.8 Å². The SMILES string of the molecule is CCN(CC)c1ccc(C(C#N)=C(C#N)C#N)c(C)c1. The highest BCUT2D eigenvalue weighted by Crippen LogP contribution is 2.26. The lowest BCUT2D eigenvalue weighted by molar-refractivity contribution is 0.865. The lowest BCUT2D eigenvalue weighted by atomic mass is 9.97. The van der Waals surface area contributed by atoms with Crippen molar-refractivity contribution < 1.29 is 0 Å². The molecule has 0 spiro atoms. The van der Waals surface area contributed by atoms with Crippen LogP contribution in [0.15, 0.2) is 23.8 Å². The molecule has 1 rings (SSSR count). The Kier molecular flexibility index (Phi) is 5.33. The smallest absolute Gasteiger partial charge is 0.148 e. The van der Waals surface area contributed by atoms with Crippen molar-refractivity contribution in [3.05, 3.63) is 34.9 Å². The zero-order valence-electron chi connectivity index (χ0n) is 11.9. The van der Waals surface area contributed by atoms with Gasteiger partial charge in [0.25, 0.3) is 0 Å². The Morgan fingerprint density at radius 2 is 1.65 bits per heavy atom. The van der Waals surface area contributed by atoms with Crippen LogP contribution in [0.1, 0.15) is 25.0 Å². The molecule has 0 saturated heterocycles. The molecule has 1 aromatic rings. The highest BCUT2D eigenvalue weighted by Gasteiger charge is 2.12. The van der Waals surface area contributed by atoms with Gasteiger partial charge in [-0.05, 0) is 44.0 Å². The van der Waals surface area contributed by atoms with Gasteiger partial charge in [0.15, 0.2) is 0 Å². The fraction of sp³-hybridized carbons (Fsp3) is 0.312. The van der Waals surface area contributed by atoms with Crippen LogP contribution in [0.5, 0.6) is 0 Å². The third-order valence-corrected chi connectivity index (χ3v) is 3.19. The standard InChI is InChI=1S/C16H16N4/c1-4-20(5-2)14-6-7-15(12(3)8-14)16(11-19)13(9-17)10-18/h6-8H,4-5H2,1-3H3. The zero-order valence-corrected chi connectivity index (χ0v) is 11.9. The van der Waals surface area contributed by atoms with Crippen LogP contribution in [0.2, 0.25) is 0 Å². The van der Waals surface area contributed by atoms with Gasteiger partial charge in [0.05, 0.1) is 5.57 Å². The zero-order chi connectivity index (χ0) is 15.1. The summed E-state index contributed by atoms with van der Waals surface area (Å²) in [6, 6.07) is 11.2. The first-order chi connectivity index (χ1) is 9.62. The Morgan fingerprint density at radius 1 is 1.05 bits per heavy atom. The van der Waals surface area contributed by atoms with Gasteiger partial charge in [-0.15, -0.1) is 0 Å². The fourth-order valence-corrected chi connectivity index (χ4v) is 2.10. The third kappa shape index (κ3) is 2.97. The van der Waals surface area contributed by atoms with Crippen LogP contribution in [-0.2, 0) is 0 Å². The summed E-state index contributed by atoms with van der Waals surface area (Å²) >= 11 is 0. The van der Waals surface area contributed by atoms with Crippen LogP contribution in [0.25, 0.3) is 5.57 Å². The topological polar surface area (TPSA) is 74.6 Å². The number of aryl methyl sites for hydroxylation is 1. The van der Waals surface area contributed by atoms with Crippen LogP contribution < -0.4 is 4.90 Å². The van der Waals surface area contributed by atoms with Crippen LogP contribution in [0, 0.1) is 40.9 Å². The molecule has 0 atom stereocenters. The molecule has 20 heavy (non-hydrogen) atoms. The van der Waals surface area contributed by atoms with Crippen molar-refractivity contribution in [2.75, 3.05) is 18.0 Å². The highest BCUT2D eigenvalue weighted by molar-refractivity contribution is 5.86. The summed E-state index contributed by atoms with van der Waals surface area (Å²) in [7, 11) is 0. The van der Waals surface area contributed by atoms with Crippen molar-refractivity contribution in [1.29, 1.82) is 15.8 Å². The summed E-state index contributed by atoms with van der Waals surface area (Å²) in [6.07, 6.45) is 0. The summed E-state index contributed by atoms with van der Waals surface area (Å²) in [4.78, 5) is 2.20. The Balaban J connectivity index is 3.39. The minimum absolute atomic E-state index is 0.138. The van der Waals surface area contributed by atoms with E-state index in [0.29, 0.717) is 5.56 Å². The van der Waals surface area contributed by atoms with Gasteiger partial charge in [-0.3, -0.25) is 0 Å². The maximum atomic E-state index is 9.19. The lowest BCUT2D eigenvalue weighted by Crippen LogP contribution is -2.21. The number of hydrogen-bond acceptors (Lipinski definition) is 4. The third-order valence-electron chi connectivity index (χ3n) is 3.19. The van der Waals surface area contributed by atoms with E-state index in [1.165, 1.54) is 0 Å². The summed E-state index contributed by atoms with van der Waals surface area (Å²) in [6.45, 7) is 7.84. The van der Waals surface area contributed by atoms with E-state index in [1.54, 1.807) is 18.2 Å². The second kappa shape index (κ2) is 6.98. The van der Waals surface area contributed by atoms with Gasteiger partial charge in [0, 0.05) is 18.8 Å². The molecule has 0 aliphatic carbocycles. The summed E-state index contributed by atoms with van der Waals surface area (Å²) < 4.78 is 0. The van der Waals surface area contributed by atoms with Crippen LogP contribution in [0.4, 0.5) is 5.69 Å². The Hall–Kier alpha value is -2.77. The first-order valence-electron chi connectivity index (χ1n) is 6.43. The number of rotatable bonds is 4. The highest BCUT2D eigenvalue weighted by atomic mass is 15.1. The van der Waals surface area contributed by atoms with Gasteiger partial charge in [-0.1, -0.05) is 6.07 Å². The second-order valence-corrected chi connectivity index (χ2v) is 4.26. The number of allylic oxidation sites excluding steroid dienone is 2. The molecular formula is C16H16N4. The molecule has 0 N–H and O–H groups in total. The molecule has 0 unspecified atom stereocenters. The van der Waals surface area contributed by atoms with E-state index >= 15 is 0 Å². The number of hydrogen-bond donors (Lipinski definition) is 0. The lowest BCUT2D eigenvalue weighted by Gasteiger charge is -2.22. The number of anilines is 1. The Bertz CT molecular complexity index is 631. The molecule has 0 aliphatic heterocycles. The second-order valence-electron chi connectivity index (χ2n) is 4.26. The Morgan fingerprint density at radius 3 is 2.05 bits per heavy atom. The molecule has 0 aromatic heterocycles. The molecule has 0 amide bonds. The molecule has 0 bridgehead atoms. The van der Waals surface area contributed by atoms with Crippen molar-refractivity contribution in [3.8, 4) is 18.2 Å². The molecular weight excluding hydrogens is 248 g/mol. The molecule has 4 heteroatoms. The van der Waals surface area contributed by atoms with E-state index in [4.69, 9.17) is 10.5 Å². The van der Waals surface area contributed by atoms with Gasteiger partial charge in [-0.25, -0.2) is 0 Å². The van der Waals surface area contributed by atoms with Crippen molar-refractivity contribution >= 4 is 11.3 Å². The monoisotopic (exact) mass is 264 g/mol. The molecule has 0 heterocycles. The number of nitriles is 3. The molecule has 100 valence electrons. The Labute approximate surface area is 119 Å². The quantitative estimate of drug-likeness (QED) is 0.783. The van der Waals surface area contributed by atoms with Gasteiger partial charge < -0.3 is 4.90 Å². The molecule has 0 radical (unpaired) electrons. The molecule has 0 fully saturated rings. The van der Waals surface area contributed by atoms with E-state index in [1.807, 2.05) is 25.1 Å². The van der Waals surface area contributed by atoms with E-state index in [-0.39, 0.29) is 11.1 Å². The maximum absolute atomic E-state index is 9.19. The molecule has 4 nitrogen and oxygen atoms in total. The summed E-state index contributed by atoms with van der Waals surface area (Å²) in [5, 5.41) is 27.0. The van der Waals surface area contributed by atoms with E-state index in [9.17, 15) is 5.26 Å². The number of nitrogens with zero attached hydrogens (tertiary/aromatic N) is 4. The maximum Gasteiger partial charge on any atom is 0.148 e. The van der Waals surface area contributed by atoms with Crippen LogP contribution in [-0.4, -0.2) is 13.1 Å². The number of benzene rings is 1. The minimum Gasteiger partial charge on any atom is -0.372 e. The van der Waals surface area contributed by atoms with E-state index in [0.717, 1.165) is 24.3 Å². The van der Waals surface area contributed by atoms with Crippen LogP contribution >= 0.6 is 0 Å². The van der Waals surface area contributed by atoms with E-state index < -0.39 is 0 Å². The molecule has 1 aromatic carbocycles. The van der Waals surface area contributed by atoms with Crippen molar-refractivity contribution in [2.24, 2.45) is 0 Å². The van der Waals surface area contributed by atoms with E-state index in [2.05, 4.69) is 18.7 Å². The van der Waals surface area contributed by atoms with Crippen molar-refractivity contribution in [1.82, 2.24) is 0 Å². The molecule has 0 aliphatic rings. The first kappa shape index (κ1) is 15.3. The van der Waals surface area contributed by atoms with Gasteiger partial charge >= 0.3 is 0 Å². The normalized spacial score (nSPS) is 9.00. The fourth-order valence-electron chi connectivity index (χ4n) is 2.10. The van der Waals surface area contributed by atoms with Crippen LogP contribution in [0.3, 0.4) is 0 Å². The van der Waals surface area contributed by atoms with Crippen molar-refractivity contribution in [3.63, 3.8) is 0 Å². The average Bonchev–Trinajstić information content (AvgIpc) is 2.47. The van der Waals surface area contributed by atoms with Gasteiger partial charge in [0.2, 0.25) is 0 Å². The molecule has 0 saturated carbocycles. The first-order valence-corrected chi connectivity index (χ1v) is 6.43. The minimum atomic E-state index is -0.147. The summed E-state index contributed by atoms with van der Waals surface area (Å²) in [5.74, 6) is 0. The summed E-state index contributed by atoms with van der Waals surface area (Å²) in [5.41, 5.74) is 2.59. The largest absolute Gasteiger partial charge is 0.372 e. The van der Waals surface area contributed by atoms with Gasteiger partial charge in [0.1, 0.15) is 23.8 Å². The average molecular weight is 264 g/mol.